The van der Waals surface area contributed by atoms with Crippen LogP contribution in [0.15, 0.2) is 60.8 Å². The molecule has 6 nitrogen and oxygen atoms in total. The summed E-state index contributed by atoms with van der Waals surface area (Å²) in [5.74, 6) is -1.28. The van der Waals surface area contributed by atoms with Gasteiger partial charge >= 0.3 is 5.97 Å². The number of carbonyl (C=O) groups excluding carboxylic acids is 1. The highest BCUT2D eigenvalue weighted by Crippen LogP contribution is 2.29. The average Bonchev–Trinajstić information content (AvgIpc) is 2.68. The van der Waals surface area contributed by atoms with Gasteiger partial charge in [-0.25, -0.2) is 4.79 Å². The molecule has 0 bridgehead atoms. The number of hydrogen-bond donors (Lipinski definition) is 2. The maximum atomic E-state index is 12.8. The van der Waals surface area contributed by atoms with Crippen molar-refractivity contribution in [3.05, 3.63) is 71.9 Å². The van der Waals surface area contributed by atoms with Crippen LogP contribution in [0, 0.1) is 0 Å². The molecule has 3 rings (SSSR count). The van der Waals surface area contributed by atoms with Crippen molar-refractivity contribution in [2.45, 2.75) is 25.8 Å². The number of nitrogens with zero attached hydrogens (tertiary/aromatic N) is 1. The van der Waals surface area contributed by atoms with Crippen LogP contribution in [0.2, 0.25) is 0 Å². The predicted octanol–water partition coefficient (Wildman–Crippen LogP) is 3.45. The van der Waals surface area contributed by atoms with Crippen molar-refractivity contribution in [3.63, 3.8) is 0 Å². The van der Waals surface area contributed by atoms with Gasteiger partial charge in [0.05, 0.1) is 12.2 Å². The van der Waals surface area contributed by atoms with E-state index in [1.807, 2.05) is 42.5 Å². The van der Waals surface area contributed by atoms with Crippen molar-refractivity contribution in [2.24, 2.45) is 0 Å². The molecule has 0 spiro atoms. The standard InChI is InChI=1S/C22H22N2O4/c1-22(2,21(26)27)24-20(25)17-11-10-16-9-6-13-23-18(16)19(17)28-14-12-15-7-4-3-5-8-15/h3-11,13H,12,14H2,1-2H3,(H,24,25)(H,26,27). The van der Waals surface area contributed by atoms with E-state index in [1.165, 1.54) is 13.8 Å². The predicted molar refractivity (Wildman–Crippen MR) is 107 cm³/mol. The van der Waals surface area contributed by atoms with E-state index in [-0.39, 0.29) is 5.56 Å². The lowest BCUT2D eigenvalue weighted by molar-refractivity contribution is -0.143. The third-order valence-electron chi connectivity index (χ3n) is 4.41. The number of carbonyl (C=O) groups is 2. The zero-order chi connectivity index (χ0) is 20.1. The van der Waals surface area contributed by atoms with Crippen LogP contribution in [0.4, 0.5) is 0 Å². The normalized spacial score (nSPS) is 11.2. The SMILES string of the molecule is CC(C)(NC(=O)c1ccc2cccnc2c1OCCc1ccccc1)C(=O)O. The molecule has 0 aliphatic rings. The quantitative estimate of drug-likeness (QED) is 0.657. The summed E-state index contributed by atoms with van der Waals surface area (Å²) in [6.07, 6.45) is 2.31. The van der Waals surface area contributed by atoms with Crippen molar-refractivity contribution >= 4 is 22.8 Å². The van der Waals surface area contributed by atoms with Gasteiger partial charge in [0.2, 0.25) is 0 Å². The smallest absolute Gasteiger partial charge is 0.328 e. The average molecular weight is 378 g/mol. The first-order valence-corrected chi connectivity index (χ1v) is 8.99. The molecule has 0 saturated heterocycles. The van der Waals surface area contributed by atoms with Gasteiger partial charge in [-0.3, -0.25) is 9.78 Å². The number of benzene rings is 2. The number of amides is 1. The minimum Gasteiger partial charge on any atom is -0.490 e. The molecule has 3 aromatic rings. The Hall–Kier alpha value is -3.41. The Labute approximate surface area is 163 Å². The maximum absolute atomic E-state index is 12.8. The van der Waals surface area contributed by atoms with Crippen molar-refractivity contribution in [1.29, 1.82) is 0 Å². The van der Waals surface area contributed by atoms with E-state index < -0.39 is 17.4 Å². The summed E-state index contributed by atoms with van der Waals surface area (Å²) in [5.41, 5.74) is 0.538. The molecular weight excluding hydrogens is 356 g/mol. The zero-order valence-corrected chi connectivity index (χ0v) is 15.8. The van der Waals surface area contributed by atoms with Gasteiger partial charge < -0.3 is 15.2 Å². The van der Waals surface area contributed by atoms with E-state index in [9.17, 15) is 14.7 Å². The van der Waals surface area contributed by atoms with Gasteiger partial charge in [-0.05, 0) is 31.5 Å². The molecule has 6 heteroatoms. The maximum Gasteiger partial charge on any atom is 0.328 e. The molecular formula is C22H22N2O4. The van der Waals surface area contributed by atoms with Crippen LogP contribution in [-0.2, 0) is 11.2 Å². The molecule has 1 amide bonds. The lowest BCUT2D eigenvalue weighted by Gasteiger charge is -2.22. The zero-order valence-electron chi connectivity index (χ0n) is 15.8. The molecule has 0 radical (unpaired) electrons. The summed E-state index contributed by atoms with van der Waals surface area (Å²) >= 11 is 0. The van der Waals surface area contributed by atoms with Crippen LogP contribution in [0.3, 0.4) is 0 Å². The molecule has 0 fully saturated rings. The molecule has 0 atom stereocenters. The summed E-state index contributed by atoms with van der Waals surface area (Å²) in [4.78, 5) is 28.5. The molecule has 0 saturated carbocycles. The highest BCUT2D eigenvalue weighted by molar-refractivity contribution is 6.04. The van der Waals surface area contributed by atoms with Crippen LogP contribution in [0.5, 0.6) is 5.75 Å². The van der Waals surface area contributed by atoms with E-state index in [2.05, 4.69) is 10.3 Å². The Morgan fingerprint density at radius 3 is 2.54 bits per heavy atom. The number of ether oxygens (including phenoxy) is 1. The molecule has 1 heterocycles. The van der Waals surface area contributed by atoms with Crippen molar-refractivity contribution in [2.75, 3.05) is 6.61 Å². The lowest BCUT2D eigenvalue weighted by atomic mass is 10.0. The van der Waals surface area contributed by atoms with Crippen LogP contribution in [0.25, 0.3) is 10.9 Å². The van der Waals surface area contributed by atoms with E-state index in [0.717, 1.165) is 10.9 Å². The van der Waals surface area contributed by atoms with Gasteiger partial charge in [-0.1, -0.05) is 42.5 Å². The van der Waals surface area contributed by atoms with E-state index >= 15 is 0 Å². The summed E-state index contributed by atoms with van der Waals surface area (Å²) in [6.45, 7) is 3.23. The first-order valence-electron chi connectivity index (χ1n) is 8.99. The second kappa shape index (κ2) is 8.08. The van der Waals surface area contributed by atoms with Gasteiger partial charge in [-0.15, -0.1) is 0 Å². The fraction of sp³-hybridized carbons (Fsp3) is 0.227. The van der Waals surface area contributed by atoms with Crippen LogP contribution >= 0.6 is 0 Å². The highest BCUT2D eigenvalue weighted by Gasteiger charge is 2.30. The van der Waals surface area contributed by atoms with E-state index in [0.29, 0.717) is 24.3 Å². The van der Waals surface area contributed by atoms with Crippen molar-refractivity contribution < 1.29 is 19.4 Å². The number of pyridine rings is 1. The number of carboxylic acid groups (broad SMARTS) is 1. The van der Waals surface area contributed by atoms with Gasteiger partial charge in [0.1, 0.15) is 11.1 Å². The van der Waals surface area contributed by atoms with Gasteiger partial charge in [0.15, 0.2) is 5.75 Å². The topological polar surface area (TPSA) is 88.5 Å². The lowest BCUT2D eigenvalue weighted by Crippen LogP contribution is -2.49. The molecule has 0 aliphatic carbocycles. The third-order valence-corrected chi connectivity index (χ3v) is 4.41. The second-order valence-corrected chi connectivity index (χ2v) is 6.99. The van der Waals surface area contributed by atoms with Crippen LogP contribution in [-0.4, -0.2) is 34.1 Å². The fourth-order valence-electron chi connectivity index (χ4n) is 2.76. The monoisotopic (exact) mass is 378 g/mol. The van der Waals surface area contributed by atoms with E-state index in [1.54, 1.807) is 18.3 Å². The number of fused-ring (bicyclic) bond motifs is 1. The van der Waals surface area contributed by atoms with Crippen LogP contribution < -0.4 is 10.1 Å². The Balaban J connectivity index is 1.90. The number of rotatable bonds is 7. The summed E-state index contributed by atoms with van der Waals surface area (Å²) < 4.78 is 5.98. The van der Waals surface area contributed by atoms with Gasteiger partial charge in [-0.2, -0.15) is 0 Å². The molecule has 2 aromatic carbocycles. The molecule has 2 N–H and O–H groups in total. The second-order valence-electron chi connectivity index (χ2n) is 6.99. The summed E-state index contributed by atoms with van der Waals surface area (Å²) in [5, 5.41) is 12.7. The Morgan fingerprint density at radius 1 is 1.07 bits per heavy atom. The Morgan fingerprint density at radius 2 is 1.82 bits per heavy atom. The molecule has 28 heavy (non-hydrogen) atoms. The Bertz CT molecular complexity index is 1000. The largest absolute Gasteiger partial charge is 0.490 e. The highest BCUT2D eigenvalue weighted by atomic mass is 16.5. The third kappa shape index (κ3) is 4.28. The first-order chi connectivity index (χ1) is 13.4. The fourth-order valence-corrected chi connectivity index (χ4v) is 2.76. The number of hydrogen-bond acceptors (Lipinski definition) is 4. The number of nitrogens with one attached hydrogen (secondary N) is 1. The van der Waals surface area contributed by atoms with Crippen molar-refractivity contribution in [1.82, 2.24) is 10.3 Å². The number of aromatic nitrogens is 1. The summed E-state index contributed by atoms with van der Waals surface area (Å²) in [6, 6.07) is 17.0. The van der Waals surface area contributed by atoms with E-state index in [4.69, 9.17) is 4.74 Å². The van der Waals surface area contributed by atoms with Crippen LogP contribution in [0.1, 0.15) is 29.8 Å². The first kappa shape index (κ1) is 19.4. The minimum absolute atomic E-state index is 0.258. The molecule has 0 aliphatic heterocycles. The van der Waals surface area contributed by atoms with Crippen molar-refractivity contribution in [3.8, 4) is 5.75 Å². The molecule has 1 aromatic heterocycles. The molecule has 0 unspecified atom stereocenters. The van der Waals surface area contributed by atoms with Gasteiger partial charge in [0, 0.05) is 18.0 Å². The Kier molecular flexibility index (Phi) is 5.59. The number of aliphatic carboxylic acids is 1. The minimum atomic E-state index is -1.41. The summed E-state index contributed by atoms with van der Waals surface area (Å²) in [7, 11) is 0. The van der Waals surface area contributed by atoms with Gasteiger partial charge in [0.25, 0.3) is 5.91 Å². The number of carboxylic acids is 1. The molecule has 144 valence electrons.